The molecule has 1 aliphatic heterocycles. The van der Waals surface area contributed by atoms with Crippen molar-refractivity contribution in [3.63, 3.8) is 0 Å². The Labute approximate surface area is 170 Å². The highest BCUT2D eigenvalue weighted by Gasteiger charge is 2.21. The van der Waals surface area contributed by atoms with E-state index in [2.05, 4.69) is 16.9 Å². The second kappa shape index (κ2) is 7.75. The minimum absolute atomic E-state index is 0.128. The fraction of sp³-hybridized carbons (Fsp3) is 0.250. The van der Waals surface area contributed by atoms with Crippen LogP contribution in [0.25, 0.3) is 16.5 Å². The number of nitrogens with zero attached hydrogens (tertiary/aromatic N) is 4. The number of thiazole rings is 1. The number of alkyl halides is 2. The first-order valence-corrected chi connectivity index (χ1v) is 9.88. The number of pyridine rings is 1. The first kappa shape index (κ1) is 19.3. The van der Waals surface area contributed by atoms with Gasteiger partial charge >= 0.3 is 6.55 Å². The lowest BCUT2D eigenvalue weighted by molar-refractivity contribution is -0.125. The summed E-state index contributed by atoms with van der Waals surface area (Å²) in [5.74, 6) is 0.324. The lowest BCUT2D eigenvalue weighted by Crippen LogP contribution is -2.33. The average Bonchev–Trinajstić information content (AvgIpc) is 3.33. The van der Waals surface area contributed by atoms with Gasteiger partial charge in [-0.15, -0.1) is 11.3 Å². The number of amides is 1. The van der Waals surface area contributed by atoms with Gasteiger partial charge in [0.1, 0.15) is 5.82 Å². The number of hydrogen-bond donors (Lipinski definition) is 1. The summed E-state index contributed by atoms with van der Waals surface area (Å²) < 4.78 is 27.9. The smallest absolute Gasteiger partial charge is 0.319 e. The second-order valence-electron chi connectivity index (χ2n) is 6.66. The zero-order valence-corrected chi connectivity index (χ0v) is 16.5. The van der Waals surface area contributed by atoms with E-state index in [1.54, 1.807) is 23.2 Å². The van der Waals surface area contributed by atoms with E-state index >= 15 is 0 Å². The number of hydrogen-bond acceptors (Lipinski definition) is 5. The topological polar surface area (TPSA) is 63.1 Å². The van der Waals surface area contributed by atoms with Gasteiger partial charge < -0.3 is 10.2 Å². The molecule has 29 heavy (non-hydrogen) atoms. The third-order valence-corrected chi connectivity index (χ3v) is 5.61. The zero-order valence-electron chi connectivity index (χ0n) is 15.7. The van der Waals surface area contributed by atoms with E-state index in [-0.39, 0.29) is 5.91 Å². The number of carbonyl (C=O) groups excluding carboxylic acids is 1. The number of aromatic nitrogens is 3. The molecular formula is C20H19F2N5OS. The van der Waals surface area contributed by atoms with Crippen molar-refractivity contribution in [3.05, 3.63) is 53.8 Å². The molecule has 0 saturated carbocycles. The van der Waals surface area contributed by atoms with Gasteiger partial charge in [0.15, 0.2) is 5.13 Å². The van der Waals surface area contributed by atoms with E-state index in [1.165, 1.54) is 23.6 Å². The van der Waals surface area contributed by atoms with E-state index in [9.17, 15) is 13.6 Å². The number of fused-ring (bicyclic) bond motifs is 1. The summed E-state index contributed by atoms with van der Waals surface area (Å²) in [6, 6.07) is 3.27. The Morgan fingerprint density at radius 2 is 2.28 bits per heavy atom. The predicted octanol–water partition coefficient (Wildman–Crippen LogP) is 4.74. The van der Waals surface area contributed by atoms with Crippen LogP contribution in [0.15, 0.2) is 43.3 Å². The lowest BCUT2D eigenvalue weighted by Gasteiger charge is -2.25. The summed E-state index contributed by atoms with van der Waals surface area (Å²) in [6.07, 6.45) is 6.90. The van der Waals surface area contributed by atoms with Crippen LogP contribution in [0.1, 0.15) is 23.5 Å². The molecular weight excluding hydrogens is 396 g/mol. The van der Waals surface area contributed by atoms with Crippen LogP contribution in [0.5, 0.6) is 0 Å². The molecule has 9 heteroatoms. The van der Waals surface area contributed by atoms with Gasteiger partial charge in [0.2, 0.25) is 5.91 Å². The number of halogens is 2. The molecule has 4 rings (SSSR count). The largest absolute Gasteiger partial charge is 0.335 e. The molecule has 0 aliphatic carbocycles. The molecule has 0 spiro atoms. The Morgan fingerprint density at radius 3 is 2.90 bits per heavy atom. The van der Waals surface area contributed by atoms with Crippen molar-refractivity contribution in [1.29, 1.82) is 0 Å². The van der Waals surface area contributed by atoms with Crippen molar-refractivity contribution in [2.24, 2.45) is 0 Å². The fourth-order valence-electron chi connectivity index (χ4n) is 3.37. The number of aryl methyl sites for hydroxylation is 1. The minimum Gasteiger partial charge on any atom is -0.335 e. The van der Waals surface area contributed by atoms with Crippen molar-refractivity contribution in [2.45, 2.75) is 19.9 Å². The monoisotopic (exact) mass is 415 g/mol. The predicted molar refractivity (Wildman–Crippen MR) is 110 cm³/mol. The molecule has 150 valence electrons. The maximum absolute atomic E-state index is 13.5. The summed E-state index contributed by atoms with van der Waals surface area (Å²) >= 11 is 1.46. The van der Waals surface area contributed by atoms with Crippen LogP contribution in [0.3, 0.4) is 0 Å². The van der Waals surface area contributed by atoms with E-state index in [0.717, 1.165) is 15.0 Å². The van der Waals surface area contributed by atoms with Crippen LogP contribution in [-0.4, -0.2) is 38.4 Å². The molecule has 0 saturated heterocycles. The van der Waals surface area contributed by atoms with Gasteiger partial charge in [0, 0.05) is 41.8 Å². The highest BCUT2D eigenvalue weighted by atomic mass is 32.1. The molecule has 0 aromatic carbocycles. The van der Waals surface area contributed by atoms with Gasteiger partial charge in [-0.2, -0.15) is 8.78 Å². The molecule has 0 unspecified atom stereocenters. The maximum atomic E-state index is 13.5. The van der Waals surface area contributed by atoms with Crippen molar-refractivity contribution in [3.8, 4) is 0 Å². The van der Waals surface area contributed by atoms with E-state index in [4.69, 9.17) is 4.98 Å². The highest BCUT2D eigenvalue weighted by Crippen LogP contribution is 2.33. The summed E-state index contributed by atoms with van der Waals surface area (Å²) in [4.78, 5) is 23.5. The average molecular weight is 415 g/mol. The molecule has 3 aromatic heterocycles. The van der Waals surface area contributed by atoms with Crippen molar-refractivity contribution >= 4 is 44.7 Å². The van der Waals surface area contributed by atoms with Gasteiger partial charge in [-0.25, -0.2) is 9.97 Å². The van der Waals surface area contributed by atoms with Crippen LogP contribution >= 0.6 is 11.3 Å². The maximum Gasteiger partial charge on any atom is 0.319 e. The van der Waals surface area contributed by atoms with Crippen LogP contribution in [-0.2, 0) is 4.79 Å². The molecule has 6 nitrogen and oxygen atoms in total. The van der Waals surface area contributed by atoms with Gasteiger partial charge in [-0.05, 0) is 31.1 Å². The molecule has 0 radical (unpaired) electrons. The number of anilines is 2. The van der Waals surface area contributed by atoms with Gasteiger partial charge in [0.05, 0.1) is 11.2 Å². The summed E-state index contributed by atoms with van der Waals surface area (Å²) in [6.45, 7) is 3.76. The summed E-state index contributed by atoms with van der Waals surface area (Å²) in [7, 11) is 0. The second-order valence-corrected chi connectivity index (χ2v) is 7.89. The fourth-order valence-corrected chi connectivity index (χ4v) is 4.04. The van der Waals surface area contributed by atoms with Gasteiger partial charge in [0.25, 0.3) is 0 Å². The molecule has 1 amide bonds. The summed E-state index contributed by atoms with van der Waals surface area (Å²) in [5, 5.41) is 4.42. The van der Waals surface area contributed by atoms with Crippen molar-refractivity contribution in [1.82, 2.24) is 19.4 Å². The number of nitrogens with one attached hydrogen (secondary N) is 1. The quantitative estimate of drug-likeness (QED) is 0.612. The third kappa shape index (κ3) is 3.77. The van der Waals surface area contributed by atoms with E-state index < -0.39 is 6.55 Å². The molecule has 4 heterocycles. The Kier molecular flexibility index (Phi) is 5.14. The lowest BCUT2D eigenvalue weighted by atomic mass is 10.0. The molecule has 1 N–H and O–H groups in total. The Balaban J connectivity index is 1.77. The molecule has 1 aliphatic rings. The zero-order chi connectivity index (χ0) is 20.5. The Hall–Kier alpha value is -3.07. The Morgan fingerprint density at radius 1 is 1.45 bits per heavy atom. The molecule has 0 atom stereocenters. The van der Waals surface area contributed by atoms with E-state index in [0.29, 0.717) is 47.1 Å². The van der Waals surface area contributed by atoms with Crippen molar-refractivity contribution in [2.75, 3.05) is 18.4 Å². The third-order valence-electron chi connectivity index (χ3n) is 4.78. The molecule has 3 aromatic rings. The van der Waals surface area contributed by atoms with Crippen LogP contribution in [0.2, 0.25) is 0 Å². The molecule has 0 bridgehead atoms. The first-order chi connectivity index (χ1) is 14.0. The molecule has 0 fully saturated rings. The van der Waals surface area contributed by atoms with E-state index in [1.807, 2.05) is 13.0 Å². The van der Waals surface area contributed by atoms with Gasteiger partial charge in [-0.3, -0.25) is 9.36 Å². The summed E-state index contributed by atoms with van der Waals surface area (Å²) in [5.41, 5.74) is 1.96. The number of carbonyl (C=O) groups is 1. The van der Waals surface area contributed by atoms with Crippen LogP contribution in [0.4, 0.5) is 19.7 Å². The highest BCUT2D eigenvalue weighted by molar-refractivity contribution is 7.15. The Bertz CT molecular complexity index is 1120. The van der Waals surface area contributed by atoms with Crippen LogP contribution < -0.4 is 5.32 Å². The SMILES string of the molecule is C=CC(=O)N1CC=C(c2nc(Nc3ncc(C)s3)cc3c2ccn3C(F)F)CC1. The van der Waals surface area contributed by atoms with Gasteiger partial charge in [-0.1, -0.05) is 12.7 Å². The normalized spacial score (nSPS) is 14.3. The standard InChI is InChI=1S/C20H19F2N5OS/c1-3-17(28)26-7-4-13(5-8-26)18-14-6-9-27(19(21)22)15(14)10-16(24-18)25-20-23-11-12(2)29-20/h3-4,6,9-11,19H,1,5,7-8H2,2H3,(H,23,24,25). The van der Waals surface area contributed by atoms with Crippen molar-refractivity contribution < 1.29 is 13.6 Å². The minimum atomic E-state index is -2.65. The first-order valence-electron chi connectivity index (χ1n) is 9.06. The number of rotatable bonds is 5. The van der Waals surface area contributed by atoms with Crippen LogP contribution in [0, 0.1) is 6.92 Å².